The first-order valence-electron chi connectivity index (χ1n) is 8.85. The number of rotatable bonds is 7. The monoisotopic (exact) mass is 338 g/mol. The normalized spacial score (nSPS) is 11.6. The highest BCUT2D eigenvalue weighted by Gasteiger charge is 2.13. The molecule has 0 saturated heterocycles. The van der Waals surface area contributed by atoms with Crippen molar-refractivity contribution in [2.45, 2.75) is 46.0 Å². The van der Waals surface area contributed by atoms with Gasteiger partial charge in [-0.3, -0.25) is 9.59 Å². The number of carbonyl (C=O) groups is 2. The summed E-state index contributed by atoms with van der Waals surface area (Å²) in [6, 6.07) is 14.9. The van der Waals surface area contributed by atoms with Gasteiger partial charge in [0.2, 0.25) is 5.91 Å². The van der Waals surface area contributed by atoms with Gasteiger partial charge in [0.15, 0.2) is 0 Å². The Hall–Kier alpha value is -2.62. The van der Waals surface area contributed by atoms with E-state index in [4.69, 9.17) is 0 Å². The number of anilines is 2. The molecule has 132 valence electrons. The summed E-state index contributed by atoms with van der Waals surface area (Å²) in [4.78, 5) is 24.3. The molecule has 2 rings (SSSR count). The molecule has 0 aliphatic carbocycles. The van der Waals surface area contributed by atoms with Gasteiger partial charge in [0.05, 0.1) is 0 Å². The Balaban J connectivity index is 2.15. The van der Waals surface area contributed by atoms with E-state index in [0.717, 1.165) is 24.1 Å². The molecule has 0 aliphatic rings. The van der Waals surface area contributed by atoms with Crippen molar-refractivity contribution in [1.29, 1.82) is 0 Å². The van der Waals surface area contributed by atoms with Gasteiger partial charge < -0.3 is 10.6 Å². The average Bonchev–Trinajstić information content (AvgIpc) is 2.62. The van der Waals surface area contributed by atoms with Gasteiger partial charge in [-0.25, -0.2) is 0 Å². The van der Waals surface area contributed by atoms with Crippen LogP contribution in [0.3, 0.4) is 0 Å². The zero-order chi connectivity index (χ0) is 18.2. The van der Waals surface area contributed by atoms with Crippen molar-refractivity contribution < 1.29 is 9.59 Å². The summed E-state index contributed by atoms with van der Waals surface area (Å²) in [6.45, 7) is 6.23. The van der Waals surface area contributed by atoms with Gasteiger partial charge in [0.25, 0.3) is 5.91 Å². The van der Waals surface area contributed by atoms with E-state index in [1.165, 1.54) is 0 Å². The minimum atomic E-state index is -0.178. The summed E-state index contributed by atoms with van der Waals surface area (Å²) < 4.78 is 0. The van der Waals surface area contributed by atoms with Crippen molar-refractivity contribution in [1.82, 2.24) is 0 Å². The number of benzene rings is 2. The second kappa shape index (κ2) is 9.02. The fourth-order valence-corrected chi connectivity index (χ4v) is 2.64. The molecule has 0 heterocycles. The maximum absolute atomic E-state index is 12.6. The summed E-state index contributed by atoms with van der Waals surface area (Å²) in [5, 5.41) is 5.82. The molecule has 0 fully saturated rings. The van der Waals surface area contributed by atoms with Crippen LogP contribution in [0.5, 0.6) is 0 Å². The molecule has 4 nitrogen and oxygen atoms in total. The maximum atomic E-state index is 12.6. The predicted molar refractivity (Wildman–Crippen MR) is 103 cm³/mol. The van der Waals surface area contributed by atoms with Crippen LogP contribution < -0.4 is 10.6 Å². The summed E-state index contributed by atoms with van der Waals surface area (Å²) in [5.41, 5.74) is 3.13. The third kappa shape index (κ3) is 5.18. The summed E-state index contributed by atoms with van der Waals surface area (Å²) in [7, 11) is 0. The van der Waals surface area contributed by atoms with Gasteiger partial charge in [-0.2, -0.15) is 0 Å². The van der Waals surface area contributed by atoms with Crippen LogP contribution in [0.15, 0.2) is 48.5 Å². The van der Waals surface area contributed by atoms with Crippen molar-refractivity contribution in [3.05, 3.63) is 59.7 Å². The molecule has 1 unspecified atom stereocenters. The molecule has 0 bridgehead atoms. The Labute approximate surface area is 149 Å². The van der Waals surface area contributed by atoms with Crippen molar-refractivity contribution in [3.63, 3.8) is 0 Å². The van der Waals surface area contributed by atoms with E-state index in [-0.39, 0.29) is 11.8 Å². The van der Waals surface area contributed by atoms with E-state index < -0.39 is 0 Å². The van der Waals surface area contributed by atoms with Crippen LogP contribution in [0.1, 0.15) is 61.9 Å². The lowest BCUT2D eigenvalue weighted by Gasteiger charge is -2.16. The van der Waals surface area contributed by atoms with Gasteiger partial charge in [0, 0.05) is 23.4 Å². The Morgan fingerprint density at radius 1 is 1.00 bits per heavy atom. The van der Waals surface area contributed by atoms with E-state index in [2.05, 4.69) is 24.5 Å². The molecular weight excluding hydrogens is 312 g/mol. The number of para-hydroxylation sites is 1. The second-order valence-corrected chi connectivity index (χ2v) is 6.23. The molecule has 1 atom stereocenters. The smallest absolute Gasteiger partial charge is 0.255 e. The third-order valence-electron chi connectivity index (χ3n) is 4.24. The van der Waals surface area contributed by atoms with Gasteiger partial charge in [-0.1, -0.05) is 45.0 Å². The third-order valence-corrected chi connectivity index (χ3v) is 4.24. The molecule has 0 saturated carbocycles. The largest absolute Gasteiger partial charge is 0.326 e. The van der Waals surface area contributed by atoms with Gasteiger partial charge in [-0.15, -0.1) is 0 Å². The van der Waals surface area contributed by atoms with E-state index in [0.29, 0.717) is 23.6 Å². The number of amides is 2. The number of nitrogens with one attached hydrogen (secondary N) is 2. The number of hydrogen-bond donors (Lipinski definition) is 2. The van der Waals surface area contributed by atoms with Crippen molar-refractivity contribution in [2.75, 3.05) is 10.6 Å². The van der Waals surface area contributed by atoms with Crippen LogP contribution in [-0.2, 0) is 4.79 Å². The Morgan fingerprint density at radius 2 is 1.76 bits per heavy atom. The van der Waals surface area contributed by atoms with Crippen LogP contribution in [0.2, 0.25) is 0 Å². The quantitative estimate of drug-likeness (QED) is 0.730. The van der Waals surface area contributed by atoms with Gasteiger partial charge in [-0.05, 0) is 48.6 Å². The number of hydrogen-bond acceptors (Lipinski definition) is 2. The van der Waals surface area contributed by atoms with Crippen molar-refractivity contribution >= 4 is 23.2 Å². The molecule has 2 amide bonds. The second-order valence-electron chi connectivity index (χ2n) is 6.23. The van der Waals surface area contributed by atoms with Gasteiger partial charge in [0.1, 0.15) is 0 Å². The molecule has 0 spiro atoms. The summed E-state index contributed by atoms with van der Waals surface area (Å²) in [5.74, 6) is 0.153. The van der Waals surface area contributed by atoms with E-state index in [1.807, 2.05) is 31.2 Å². The highest BCUT2D eigenvalue weighted by Crippen LogP contribution is 2.27. The van der Waals surface area contributed by atoms with Crippen LogP contribution in [-0.4, -0.2) is 11.8 Å². The highest BCUT2D eigenvalue weighted by atomic mass is 16.2. The fraction of sp³-hybridized carbons (Fsp3) is 0.333. The molecule has 2 aromatic carbocycles. The molecule has 4 heteroatoms. The Kier molecular flexibility index (Phi) is 6.75. The highest BCUT2D eigenvalue weighted by molar-refractivity contribution is 6.05. The lowest BCUT2D eigenvalue weighted by atomic mass is 9.97. The van der Waals surface area contributed by atoms with E-state index in [9.17, 15) is 9.59 Å². The first-order chi connectivity index (χ1) is 12.0. The molecular formula is C21H26N2O2. The molecule has 25 heavy (non-hydrogen) atoms. The molecule has 2 aromatic rings. The molecule has 0 radical (unpaired) electrons. The van der Waals surface area contributed by atoms with Crippen LogP contribution in [0.4, 0.5) is 11.4 Å². The Bertz CT molecular complexity index is 740. The van der Waals surface area contributed by atoms with Gasteiger partial charge >= 0.3 is 0 Å². The maximum Gasteiger partial charge on any atom is 0.255 e. The average molecular weight is 338 g/mol. The summed E-state index contributed by atoms with van der Waals surface area (Å²) in [6.07, 6.45) is 2.27. The molecule has 0 aliphatic heterocycles. The van der Waals surface area contributed by atoms with Crippen molar-refractivity contribution in [3.8, 4) is 0 Å². The lowest BCUT2D eigenvalue weighted by molar-refractivity contribution is -0.116. The zero-order valence-corrected chi connectivity index (χ0v) is 15.1. The number of carbonyl (C=O) groups excluding carboxylic acids is 2. The standard InChI is InChI=1S/C21H26N2O2/c1-4-9-20(24)22-17-11-8-10-16(14-17)21(25)23-19-13-7-6-12-18(19)15(3)5-2/h6-8,10-15H,4-5,9H2,1-3H3,(H,22,24)(H,23,25). The minimum absolute atomic E-state index is 0.0397. The fourth-order valence-electron chi connectivity index (χ4n) is 2.64. The topological polar surface area (TPSA) is 58.2 Å². The first-order valence-corrected chi connectivity index (χ1v) is 8.85. The summed E-state index contributed by atoms with van der Waals surface area (Å²) >= 11 is 0. The van der Waals surface area contributed by atoms with Crippen LogP contribution in [0.25, 0.3) is 0 Å². The SMILES string of the molecule is CCCC(=O)Nc1cccc(C(=O)Nc2ccccc2C(C)CC)c1. The Morgan fingerprint density at radius 3 is 2.48 bits per heavy atom. The van der Waals surface area contributed by atoms with Crippen LogP contribution >= 0.6 is 0 Å². The minimum Gasteiger partial charge on any atom is -0.326 e. The lowest BCUT2D eigenvalue weighted by Crippen LogP contribution is -2.15. The van der Waals surface area contributed by atoms with E-state index in [1.54, 1.807) is 24.3 Å². The molecule has 0 aromatic heterocycles. The zero-order valence-electron chi connectivity index (χ0n) is 15.1. The predicted octanol–water partition coefficient (Wildman–Crippen LogP) is 5.19. The first kappa shape index (κ1) is 18.7. The van der Waals surface area contributed by atoms with Crippen LogP contribution in [0, 0.1) is 0 Å². The molecule has 2 N–H and O–H groups in total. The van der Waals surface area contributed by atoms with E-state index >= 15 is 0 Å². The van der Waals surface area contributed by atoms with Crippen molar-refractivity contribution in [2.24, 2.45) is 0 Å².